The second-order valence-electron chi connectivity index (χ2n) is 6.97. The van der Waals surface area contributed by atoms with Crippen LogP contribution in [-0.4, -0.2) is 19.9 Å². The van der Waals surface area contributed by atoms with Crippen molar-refractivity contribution in [3.05, 3.63) is 58.9 Å². The zero-order valence-corrected chi connectivity index (χ0v) is 17.3. The van der Waals surface area contributed by atoms with E-state index in [9.17, 15) is 0 Å². The summed E-state index contributed by atoms with van der Waals surface area (Å²) in [6.07, 6.45) is 4.59. The van der Waals surface area contributed by atoms with E-state index in [0.29, 0.717) is 10.1 Å². The molecule has 2 heterocycles. The molecule has 0 unspecified atom stereocenters. The number of hydrogen-bond donors (Lipinski definition) is 2. The molecule has 0 spiro atoms. The Morgan fingerprint density at radius 2 is 1.93 bits per heavy atom. The molecule has 0 aliphatic carbocycles. The first-order valence-corrected chi connectivity index (χ1v) is 10.3. The molecule has 4 rings (SSSR count). The van der Waals surface area contributed by atoms with Gasteiger partial charge in [-0.3, -0.25) is 0 Å². The number of aromatic nitrogens is 3. The maximum atomic E-state index is 6.19. The van der Waals surface area contributed by atoms with Gasteiger partial charge in [-0.15, -0.1) is 10.2 Å². The van der Waals surface area contributed by atoms with Gasteiger partial charge in [0.05, 0.1) is 0 Å². The summed E-state index contributed by atoms with van der Waals surface area (Å²) in [4.78, 5) is 0. The van der Waals surface area contributed by atoms with Gasteiger partial charge in [0.15, 0.2) is 10.9 Å². The lowest BCUT2D eigenvalue weighted by Crippen LogP contribution is -2.19. The monoisotopic (exact) mass is 411 g/mol. The lowest BCUT2D eigenvalue weighted by Gasteiger charge is -2.14. The van der Waals surface area contributed by atoms with Crippen LogP contribution >= 0.6 is 23.8 Å². The minimum atomic E-state index is 0.516. The molecular weight excluding hydrogens is 390 g/mol. The third kappa shape index (κ3) is 4.03. The second kappa shape index (κ2) is 8.29. The van der Waals surface area contributed by atoms with Crippen molar-refractivity contribution in [2.24, 2.45) is 0 Å². The standard InChI is InChI=1S/C21H22ClN5S/c1-14-17(22)9-6-10-18(14)24-21(28)23-16-8-5-7-15(13-16)20-26-25-19-11-3-2-4-12-27(19)20/h5-10,13H,2-4,11-12H2,1H3,(H2,23,24,28). The number of thiocarbonyl (C=S) groups is 1. The SMILES string of the molecule is Cc1c(Cl)cccc1NC(=S)Nc1cccc(-c2nnc3n2CCCCC3)c1. The van der Waals surface area contributed by atoms with Gasteiger partial charge in [-0.2, -0.15) is 0 Å². The van der Waals surface area contributed by atoms with E-state index in [4.69, 9.17) is 23.8 Å². The van der Waals surface area contributed by atoms with E-state index in [1.807, 2.05) is 37.3 Å². The molecule has 7 heteroatoms. The summed E-state index contributed by atoms with van der Waals surface area (Å²) >= 11 is 11.7. The summed E-state index contributed by atoms with van der Waals surface area (Å²) in [5.41, 5.74) is 3.80. The molecule has 0 fully saturated rings. The fourth-order valence-electron chi connectivity index (χ4n) is 3.46. The molecular formula is C21H22ClN5S. The lowest BCUT2D eigenvalue weighted by atomic mass is 10.2. The molecule has 0 radical (unpaired) electrons. The highest BCUT2D eigenvalue weighted by atomic mass is 35.5. The molecule has 1 aliphatic rings. The topological polar surface area (TPSA) is 54.8 Å². The van der Waals surface area contributed by atoms with Gasteiger partial charge < -0.3 is 15.2 Å². The summed E-state index contributed by atoms with van der Waals surface area (Å²) in [5, 5.41) is 16.5. The Bertz CT molecular complexity index is 1010. The van der Waals surface area contributed by atoms with Crippen molar-refractivity contribution < 1.29 is 0 Å². The molecule has 1 aromatic heterocycles. The zero-order valence-electron chi connectivity index (χ0n) is 15.7. The minimum Gasteiger partial charge on any atom is -0.332 e. The van der Waals surface area contributed by atoms with Crippen molar-refractivity contribution >= 4 is 40.3 Å². The number of rotatable bonds is 3. The van der Waals surface area contributed by atoms with Gasteiger partial charge in [-0.1, -0.05) is 36.2 Å². The van der Waals surface area contributed by atoms with Gasteiger partial charge >= 0.3 is 0 Å². The van der Waals surface area contributed by atoms with E-state index in [-0.39, 0.29) is 0 Å². The van der Waals surface area contributed by atoms with Gasteiger partial charge in [0, 0.05) is 34.9 Å². The molecule has 144 valence electrons. The van der Waals surface area contributed by atoms with E-state index < -0.39 is 0 Å². The van der Waals surface area contributed by atoms with Crippen LogP contribution in [0.5, 0.6) is 0 Å². The van der Waals surface area contributed by atoms with Gasteiger partial charge in [-0.05, 0) is 61.8 Å². The number of nitrogens with one attached hydrogen (secondary N) is 2. The Kier molecular flexibility index (Phi) is 5.59. The second-order valence-corrected chi connectivity index (χ2v) is 7.79. The molecule has 3 aromatic rings. The van der Waals surface area contributed by atoms with Crippen LogP contribution in [-0.2, 0) is 13.0 Å². The number of aryl methyl sites for hydroxylation is 1. The van der Waals surface area contributed by atoms with Crippen LogP contribution in [0.4, 0.5) is 11.4 Å². The first-order chi connectivity index (χ1) is 13.6. The Labute approximate surface area is 175 Å². The average Bonchev–Trinajstić information content (AvgIpc) is 2.94. The van der Waals surface area contributed by atoms with Crippen molar-refractivity contribution in [1.82, 2.24) is 14.8 Å². The molecule has 0 atom stereocenters. The first kappa shape index (κ1) is 18.9. The summed E-state index contributed by atoms with van der Waals surface area (Å²) in [7, 11) is 0. The van der Waals surface area contributed by atoms with Gasteiger partial charge in [0.1, 0.15) is 5.82 Å². The van der Waals surface area contributed by atoms with Crippen molar-refractivity contribution in [2.45, 2.75) is 39.2 Å². The Balaban J connectivity index is 1.52. The number of halogens is 1. The normalized spacial score (nSPS) is 13.5. The quantitative estimate of drug-likeness (QED) is 0.562. The summed E-state index contributed by atoms with van der Waals surface area (Å²) in [5.74, 6) is 2.00. The Morgan fingerprint density at radius 3 is 2.82 bits per heavy atom. The average molecular weight is 412 g/mol. The number of anilines is 2. The van der Waals surface area contributed by atoms with E-state index in [2.05, 4.69) is 37.5 Å². The molecule has 2 N–H and O–H groups in total. The van der Waals surface area contributed by atoms with Crippen molar-refractivity contribution in [1.29, 1.82) is 0 Å². The van der Waals surface area contributed by atoms with Crippen molar-refractivity contribution in [3.63, 3.8) is 0 Å². The molecule has 0 bridgehead atoms. The van der Waals surface area contributed by atoms with Crippen LogP contribution in [0.1, 0.15) is 30.7 Å². The highest BCUT2D eigenvalue weighted by Crippen LogP contribution is 2.26. The number of fused-ring (bicyclic) bond motifs is 1. The smallest absolute Gasteiger partial charge is 0.175 e. The van der Waals surface area contributed by atoms with Crippen LogP contribution in [0.2, 0.25) is 5.02 Å². The highest BCUT2D eigenvalue weighted by molar-refractivity contribution is 7.80. The molecule has 2 aromatic carbocycles. The fourth-order valence-corrected chi connectivity index (χ4v) is 3.86. The predicted molar refractivity (Wildman–Crippen MR) is 119 cm³/mol. The maximum Gasteiger partial charge on any atom is 0.175 e. The third-order valence-electron chi connectivity index (χ3n) is 5.00. The lowest BCUT2D eigenvalue weighted by molar-refractivity contribution is 0.636. The zero-order chi connectivity index (χ0) is 19.5. The van der Waals surface area contributed by atoms with Crippen molar-refractivity contribution in [3.8, 4) is 11.4 Å². The summed E-state index contributed by atoms with van der Waals surface area (Å²) in [6.45, 7) is 2.94. The van der Waals surface area contributed by atoms with Crippen LogP contribution in [0.15, 0.2) is 42.5 Å². The van der Waals surface area contributed by atoms with Gasteiger partial charge in [0.2, 0.25) is 0 Å². The molecule has 1 aliphatic heterocycles. The molecule has 0 saturated carbocycles. The third-order valence-corrected chi connectivity index (χ3v) is 5.62. The molecule has 28 heavy (non-hydrogen) atoms. The molecule has 0 amide bonds. The predicted octanol–water partition coefficient (Wildman–Crippen LogP) is 5.44. The molecule has 5 nitrogen and oxygen atoms in total. The van der Waals surface area contributed by atoms with Crippen LogP contribution < -0.4 is 10.6 Å². The van der Waals surface area contributed by atoms with Crippen LogP contribution in [0.25, 0.3) is 11.4 Å². The minimum absolute atomic E-state index is 0.516. The number of hydrogen-bond acceptors (Lipinski definition) is 3. The van der Waals surface area contributed by atoms with E-state index in [1.165, 1.54) is 19.3 Å². The van der Waals surface area contributed by atoms with Gasteiger partial charge in [0.25, 0.3) is 0 Å². The van der Waals surface area contributed by atoms with E-state index in [0.717, 1.165) is 47.1 Å². The van der Waals surface area contributed by atoms with Crippen LogP contribution in [0.3, 0.4) is 0 Å². The maximum absolute atomic E-state index is 6.19. The van der Waals surface area contributed by atoms with Gasteiger partial charge in [-0.25, -0.2) is 0 Å². The Morgan fingerprint density at radius 1 is 1.07 bits per heavy atom. The van der Waals surface area contributed by atoms with Crippen LogP contribution in [0, 0.1) is 6.92 Å². The van der Waals surface area contributed by atoms with E-state index >= 15 is 0 Å². The largest absolute Gasteiger partial charge is 0.332 e. The number of nitrogens with zero attached hydrogens (tertiary/aromatic N) is 3. The highest BCUT2D eigenvalue weighted by Gasteiger charge is 2.16. The van der Waals surface area contributed by atoms with Crippen molar-refractivity contribution in [2.75, 3.05) is 10.6 Å². The number of benzene rings is 2. The molecule has 0 saturated heterocycles. The first-order valence-electron chi connectivity index (χ1n) is 9.47. The Hall–Kier alpha value is -2.44. The summed E-state index contributed by atoms with van der Waals surface area (Å²) in [6, 6.07) is 13.8. The van der Waals surface area contributed by atoms with E-state index in [1.54, 1.807) is 0 Å². The fraction of sp³-hybridized carbons (Fsp3) is 0.286. The summed E-state index contributed by atoms with van der Waals surface area (Å²) < 4.78 is 2.25.